The van der Waals surface area contributed by atoms with E-state index in [-0.39, 0.29) is 11.1 Å². The highest BCUT2D eigenvalue weighted by molar-refractivity contribution is 5.90. The Morgan fingerprint density at radius 1 is 0.725 bits per heavy atom. The smallest absolute Gasteiger partial charge is 0.360 e. The van der Waals surface area contributed by atoms with Crippen LogP contribution in [0.5, 0.6) is 0 Å². The fraction of sp³-hybridized carbons (Fsp3) is 0.462. The van der Waals surface area contributed by atoms with Gasteiger partial charge in [0.25, 0.3) is 0 Å². The van der Waals surface area contributed by atoms with E-state index in [2.05, 4.69) is 0 Å². The fourth-order valence-corrected chi connectivity index (χ4v) is 4.20. The molecule has 218 valence electrons. The fourth-order valence-electron chi connectivity index (χ4n) is 4.20. The molecule has 0 amide bonds. The van der Waals surface area contributed by atoms with Crippen molar-refractivity contribution >= 4 is 11.9 Å². The van der Waals surface area contributed by atoms with Crippen LogP contribution in [-0.2, 0) is 23.7 Å². The number of ether oxygens (including phenoxy) is 5. The second-order valence-corrected chi connectivity index (χ2v) is 9.22. The van der Waals surface area contributed by atoms with Gasteiger partial charge in [-0.1, -0.05) is 36.4 Å². The van der Waals surface area contributed by atoms with Crippen molar-refractivity contribution in [3.05, 3.63) is 71.8 Å². The lowest BCUT2D eigenvalue weighted by atomic mass is 9.97. The number of aliphatic hydroxyl groups is 7. The minimum Gasteiger partial charge on any atom is -0.429 e. The second kappa shape index (κ2) is 12.7. The molecule has 0 radical (unpaired) electrons. The third kappa shape index (κ3) is 6.16. The van der Waals surface area contributed by atoms with Gasteiger partial charge in [-0.3, -0.25) is 0 Å². The number of carbonyl (C=O) groups excluding carboxylic acids is 2. The molecule has 0 saturated carbocycles. The molecule has 2 aliphatic heterocycles. The van der Waals surface area contributed by atoms with Gasteiger partial charge >= 0.3 is 17.9 Å². The van der Waals surface area contributed by atoms with Crippen LogP contribution >= 0.6 is 0 Å². The van der Waals surface area contributed by atoms with E-state index < -0.39 is 86.2 Å². The van der Waals surface area contributed by atoms with Crippen molar-refractivity contribution in [1.82, 2.24) is 0 Å². The van der Waals surface area contributed by atoms with Gasteiger partial charge in [-0.05, 0) is 24.3 Å². The van der Waals surface area contributed by atoms with Crippen LogP contribution in [0.4, 0.5) is 0 Å². The molecule has 0 aliphatic carbocycles. The molecule has 14 heteroatoms. The molecule has 7 N–H and O–H groups in total. The lowest BCUT2D eigenvalue weighted by Gasteiger charge is -2.47. The van der Waals surface area contributed by atoms with Gasteiger partial charge in [0.2, 0.25) is 6.29 Å². The first-order valence-electron chi connectivity index (χ1n) is 12.3. The molecule has 2 aromatic rings. The Labute approximate surface area is 227 Å². The molecule has 10 atom stereocenters. The van der Waals surface area contributed by atoms with Gasteiger partial charge < -0.3 is 59.4 Å². The maximum Gasteiger partial charge on any atom is 0.360 e. The molecular formula is C26H30O14. The van der Waals surface area contributed by atoms with E-state index >= 15 is 0 Å². The normalized spacial score (nSPS) is 36.0. The van der Waals surface area contributed by atoms with Crippen molar-refractivity contribution < 1.29 is 69.0 Å². The lowest BCUT2D eigenvalue weighted by Crippen LogP contribution is -2.68. The molecule has 2 aliphatic rings. The van der Waals surface area contributed by atoms with E-state index in [1.807, 2.05) is 0 Å². The van der Waals surface area contributed by atoms with Gasteiger partial charge in [0.05, 0.1) is 24.3 Å². The molecule has 14 nitrogen and oxygen atoms in total. The summed E-state index contributed by atoms with van der Waals surface area (Å²) in [5.41, 5.74) is 0.0997. The largest absolute Gasteiger partial charge is 0.429 e. The summed E-state index contributed by atoms with van der Waals surface area (Å²) in [7, 11) is 0. The number of hydrogen-bond donors (Lipinski definition) is 7. The van der Waals surface area contributed by atoms with E-state index in [1.54, 1.807) is 24.3 Å². The third-order valence-electron chi connectivity index (χ3n) is 6.51. The summed E-state index contributed by atoms with van der Waals surface area (Å²) in [5, 5.41) is 72.2. The standard InChI is InChI=1S/C26H30O14/c27-11-15-17(28)20(31)22(33)26(39-15,40-24(35)14-9-5-2-6-10-14)36-12-16-18(29)19(30)21(32)25(37-16)38-23(34)13-7-3-1-4-8-13/h1-10,15-22,25,27-33H,11-12H2/t15-,16-,17-,18-,19+,20+,21-,22-,25-,26-/m1/s1. The molecular weight excluding hydrogens is 536 g/mol. The Balaban J connectivity index is 1.55. The molecule has 0 spiro atoms. The van der Waals surface area contributed by atoms with Gasteiger partial charge in [-0.2, -0.15) is 0 Å². The molecule has 2 heterocycles. The highest BCUT2D eigenvalue weighted by Crippen LogP contribution is 2.35. The van der Waals surface area contributed by atoms with Crippen molar-refractivity contribution in [2.24, 2.45) is 0 Å². The maximum absolute atomic E-state index is 12.9. The summed E-state index contributed by atoms with van der Waals surface area (Å²) < 4.78 is 26.9. The van der Waals surface area contributed by atoms with Crippen molar-refractivity contribution in [1.29, 1.82) is 0 Å². The summed E-state index contributed by atoms with van der Waals surface area (Å²) in [6, 6.07) is 15.1. The topological polar surface area (TPSA) is 222 Å². The zero-order valence-corrected chi connectivity index (χ0v) is 20.9. The second-order valence-electron chi connectivity index (χ2n) is 9.22. The van der Waals surface area contributed by atoms with E-state index in [9.17, 15) is 45.3 Å². The zero-order valence-electron chi connectivity index (χ0n) is 20.9. The van der Waals surface area contributed by atoms with Crippen LogP contribution in [0.1, 0.15) is 20.7 Å². The van der Waals surface area contributed by atoms with Gasteiger partial charge in [-0.15, -0.1) is 0 Å². The Bertz CT molecular complexity index is 1130. The summed E-state index contributed by atoms with van der Waals surface area (Å²) in [6.45, 7) is -1.73. The SMILES string of the molecule is O=C(O[C@H]1O[C@H](CO[C@@]2(OC(=O)c3ccccc3)O[C@H](CO)[C@@H](O)[C@H](O)[C@H]2O)[C@@H](O)[C@H](O)[C@H]1O)c1ccccc1. The Hall–Kier alpha value is -3.02. The highest BCUT2D eigenvalue weighted by Gasteiger charge is 2.59. The van der Waals surface area contributed by atoms with Crippen LogP contribution in [0.15, 0.2) is 60.7 Å². The highest BCUT2D eigenvalue weighted by atomic mass is 16.9. The molecule has 0 bridgehead atoms. The van der Waals surface area contributed by atoms with Crippen LogP contribution in [-0.4, -0.2) is 122 Å². The first kappa shape index (κ1) is 30.0. The number of esters is 2. The number of rotatable bonds is 8. The van der Waals surface area contributed by atoms with Crippen LogP contribution in [0.3, 0.4) is 0 Å². The van der Waals surface area contributed by atoms with E-state index in [0.29, 0.717) is 0 Å². The monoisotopic (exact) mass is 566 g/mol. The average molecular weight is 567 g/mol. The number of benzene rings is 2. The van der Waals surface area contributed by atoms with E-state index in [0.717, 1.165) is 0 Å². The van der Waals surface area contributed by atoms with Gasteiger partial charge in [0.1, 0.15) is 42.7 Å². The predicted octanol–water partition coefficient (Wildman–Crippen LogP) is -2.35. The molecule has 2 aromatic carbocycles. The van der Waals surface area contributed by atoms with Crippen LogP contribution in [0.25, 0.3) is 0 Å². The van der Waals surface area contributed by atoms with E-state index in [4.69, 9.17) is 23.7 Å². The third-order valence-corrected chi connectivity index (χ3v) is 6.51. The molecule has 4 rings (SSSR count). The minimum atomic E-state index is -2.85. The Kier molecular flexibility index (Phi) is 9.48. The summed E-state index contributed by atoms with van der Waals surface area (Å²) >= 11 is 0. The molecule has 0 aromatic heterocycles. The molecule has 2 fully saturated rings. The number of hydrogen-bond acceptors (Lipinski definition) is 14. The summed E-state index contributed by atoms with van der Waals surface area (Å²) in [6.07, 6.45) is -16.6. The number of aliphatic hydroxyl groups excluding tert-OH is 7. The van der Waals surface area contributed by atoms with Crippen molar-refractivity contribution in [2.45, 2.75) is 61.1 Å². The van der Waals surface area contributed by atoms with Crippen molar-refractivity contribution in [3.63, 3.8) is 0 Å². The van der Waals surface area contributed by atoms with Crippen LogP contribution in [0.2, 0.25) is 0 Å². The molecule has 0 unspecified atom stereocenters. The Morgan fingerprint density at radius 2 is 1.27 bits per heavy atom. The van der Waals surface area contributed by atoms with Crippen molar-refractivity contribution in [2.75, 3.05) is 13.2 Å². The van der Waals surface area contributed by atoms with E-state index in [1.165, 1.54) is 36.4 Å². The lowest BCUT2D eigenvalue weighted by molar-refractivity contribution is -0.450. The summed E-state index contributed by atoms with van der Waals surface area (Å²) in [5.74, 6) is -4.84. The van der Waals surface area contributed by atoms with Gasteiger partial charge in [-0.25, -0.2) is 9.59 Å². The first-order chi connectivity index (χ1) is 19.1. The van der Waals surface area contributed by atoms with Gasteiger partial charge in [0.15, 0.2) is 6.10 Å². The average Bonchev–Trinajstić information content (AvgIpc) is 2.98. The van der Waals surface area contributed by atoms with Gasteiger partial charge in [0, 0.05) is 0 Å². The Morgan fingerprint density at radius 3 is 1.85 bits per heavy atom. The minimum absolute atomic E-state index is 0.0113. The first-order valence-corrected chi connectivity index (χ1v) is 12.3. The molecule has 40 heavy (non-hydrogen) atoms. The summed E-state index contributed by atoms with van der Waals surface area (Å²) in [4.78, 5) is 25.3. The zero-order chi connectivity index (χ0) is 29.0. The van der Waals surface area contributed by atoms with Crippen molar-refractivity contribution in [3.8, 4) is 0 Å². The quantitative estimate of drug-likeness (QED) is 0.131. The predicted molar refractivity (Wildman–Crippen MR) is 129 cm³/mol. The molecule has 2 saturated heterocycles. The number of carbonyl (C=O) groups is 2. The van der Waals surface area contributed by atoms with Crippen LogP contribution < -0.4 is 0 Å². The maximum atomic E-state index is 12.9. The van der Waals surface area contributed by atoms with Crippen LogP contribution in [0, 0.1) is 0 Å².